The van der Waals surface area contributed by atoms with Gasteiger partial charge in [0.2, 0.25) is 0 Å². The molecule has 0 radical (unpaired) electrons. The molecule has 0 bridgehead atoms. The molecule has 0 saturated heterocycles. The van der Waals surface area contributed by atoms with Gasteiger partial charge in [0.25, 0.3) is 0 Å². The minimum absolute atomic E-state index is 0.468. The van der Waals surface area contributed by atoms with E-state index in [0.717, 1.165) is 50.3 Å². The number of hydrogen-bond donors (Lipinski definition) is 2. The van der Waals surface area contributed by atoms with Crippen molar-refractivity contribution in [1.82, 2.24) is 9.97 Å². The van der Waals surface area contributed by atoms with Crippen LogP contribution in [0.1, 0.15) is 11.4 Å². The first-order chi connectivity index (χ1) is 18.5. The maximum atomic E-state index is 9.68. The summed E-state index contributed by atoms with van der Waals surface area (Å²) in [6.45, 7) is 4.02. The fourth-order valence-electron chi connectivity index (χ4n) is 4.45. The Balaban J connectivity index is 0.000000162. The first kappa shape index (κ1) is 25.1. The number of nitrogens with zero attached hydrogens (tertiary/aromatic N) is 3. The lowest BCUT2D eigenvalue weighted by atomic mass is 9.78. The van der Waals surface area contributed by atoms with Crippen LogP contribution in [0.5, 0.6) is 0 Å². The van der Waals surface area contributed by atoms with E-state index in [-0.39, 0.29) is 0 Å². The molecule has 0 unspecified atom stereocenters. The highest BCUT2D eigenvalue weighted by atomic mass is 16.4. The Bertz CT molecular complexity index is 1580. The molecule has 4 aromatic carbocycles. The number of aryl methyl sites for hydroxylation is 2. The predicted molar refractivity (Wildman–Crippen MR) is 157 cm³/mol. The number of fused-ring (bicyclic) bond motifs is 3. The van der Waals surface area contributed by atoms with Crippen molar-refractivity contribution in [2.24, 2.45) is 0 Å². The van der Waals surface area contributed by atoms with Crippen LogP contribution in [0.3, 0.4) is 0 Å². The molecule has 0 fully saturated rings. The molecular formula is C32H28BN3O2. The van der Waals surface area contributed by atoms with Crippen LogP contribution in [-0.2, 0) is 0 Å². The molecule has 0 aliphatic rings. The Morgan fingerprint density at radius 3 is 1.42 bits per heavy atom. The molecule has 186 valence electrons. The maximum absolute atomic E-state index is 9.68. The zero-order valence-corrected chi connectivity index (χ0v) is 21.4. The van der Waals surface area contributed by atoms with E-state index in [1.54, 1.807) is 12.1 Å². The zero-order valence-electron chi connectivity index (χ0n) is 21.4. The summed E-state index contributed by atoms with van der Waals surface area (Å²) in [5.74, 6) is 0. The molecule has 6 aromatic rings. The fraction of sp³-hybridized carbons (Fsp3) is 0.0625. The van der Waals surface area contributed by atoms with E-state index in [1.807, 2.05) is 104 Å². The van der Waals surface area contributed by atoms with Crippen LogP contribution in [0.2, 0.25) is 0 Å². The van der Waals surface area contributed by atoms with Gasteiger partial charge in [-0.05, 0) is 56.3 Å². The SMILES string of the molecule is Cc1ccc2ccc3ccc(C)nc3c2n1.OB(O)c1ccccc1N(c1ccccc1)c1ccccc1. The van der Waals surface area contributed by atoms with Crippen molar-refractivity contribution in [3.05, 3.63) is 133 Å². The highest BCUT2D eigenvalue weighted by molar-refractivity contribution is 6.60. The second-order valence-corrected chi connectivity index (χ2v) is 9.05. The molecule has 2 aromatic heterocycles. The maximum Gasteiger partial charge on any atom is 0.490 e. The van der Waals surface area contributed by atoms with Gasteiger partial charge in [-0.2, -0.15) is 0 Å². The van der Waals surface area contributed by atoms with E-state index in [4.69, 9.17) is 0 Å². The van der Waals surface area contributed by atoms with Crippen molar-refractivity contribution in [3.63, 3.8) is 0 Å². The number of aromatic nitrogens is 2. The van der Waals surface area contributed by atoms with E-state index in [1.165, 1.54) is 0 Å². The molecule has 6 rings (SSSR count). The summed E-state index contributed by atoms with van der Waals surface area (Å²) in [5, 5.41) is 21.7. The molecule has 2 heterocycles. The van der Waals surface area contributed by atoms with Crippen molar-refractivity contribution in [2.75, 3.05) is 4.90 Å². The number of para-hydroxylation sites is 3. The van der Waals surface area contributed by atoms with Gasteiger partial charge in [0, 0.05) is 44.7 Å². The van der Waals surface area contributed by atoms with Crippen LogP contribution in [0.25, 0.3) is 21.8 Å². The van der Waals surface area contributed by atoms with Crippen LogP contribution in [0.15, 0.2) is 121 Å². The summed E-state index contributed by atoms with van der Waals surface area (Å²) in [5.41, 5.74) is 7.20. The normalized spacial score (nSPS) is 10.6. The van der Waals surface area contributed by atoms with Gasteiger partial charge >= 0.3 is 7.12 Å². The number of anilines is 3. The largest absolute Gasteiger partial charge is 0.490 e. The highest BCUT2D eigenvalue weighted by Gasteiger charge is 2.21. The van der Waals surface area contributed by atoms with Crippen LogP contribution < -0.4 is 10.4 Å². The van der Waals surface area contributed by atoms with Gasteiger partial charge in [-0.25, -0.2) is 0 Å². The number of benzene rings is 4. The minimum Gasteiger partial charge on any atom is -0.423 e. The third kappa shape index (κ3) is 5.42. The summed E-state index contributed by atoms with van der Waals surface area (Å²) in [7, 11) is -1.52. The average Bonchev–Trinajstić information content (AvgIpc) is 2.95. The Labute approximate surface area is 222 Å². The van der Waals surface area contributed by atoms with Gasteiger partial charge in [-0.3, -0.25) is 9.97 Å². The van der Waals surface area contributed by atoms with Crippen molar-refractivity contribution < 1.29 is 10.0 Å². The second kappa shape index (κ2) is 11.3. The van der Waals surface area contributed by atoms with Crippen LogP contribution in [-0.4, -0.2) is 27.1 Å². The summed E-state index contributed by atoms with van der Waals surface area (Å²) < 4.78 is 0. The van der Waals surface area contributed by atoms with Crippen molar-refractivity contribution >= 4 is 51.4 Å². The standard InChI is InChI=1S/C18H16BNO2.C14H12N2/c21-19(22)17-13-7-8-14-18(17)20(15-9-3-1-4-10-15)16-11-5-2-6-12-16;1-9-3-5-11-7-8-12-6-4-10(2)16-14(12)13(11)15-9/h1-14,21-22H;3-8H,1-2H3. The van der Waals surface area contributed by atoms with E-state index in [9.17, 15) is 10.0 Å². The average molecular weight is 497 g/mol. The highest BCUT2D eigenvalue weighted by Crippen LogP contribution is 2.33. The van der Waals surface area contributed by atoms with E-state index < -0.39 is 7.12 Å². The first-order valence-electron chi connectivity index (χ1n) is 12.5. The zero-order chi connectivity index (χ0) is 26.5. The number of hydrogen-bond acceptors (Lipinski definition) is 5. The summed E-state index contributed by atoms with van der Waals surface area (Å²) in [6, 6.07) is 39.5. The van der Waals surface area contributed by atoms with Crippen molar-refractivity contribution in [1.29, 1.82) is 0 Å². The van der Waals surface area contributed by atoms with Gasteiger partial charge in [0.15, 0.2) is 0 Å². The molecule has 0 saturated carbocycles. The third-order valence-corrected chi connectivity index (χ3v) is 6.28. The van der Waals surface area contributed by atoms with Gasteiger partial charge in [-0.15, -0.1) is 0 Å². The number of rotatable bonds is 4. The van der Waals surface area contributed by atoms with E-state index >= 15 is 0 Å². The first-order valence-corrected chi connectivity index (χ1v) is 12.5. The quantitative estimate of drug-likeness (QED) is 0.223. The summed E-state index contributed by atoms with van der Waals surface area (Å²) in [4.78, 5) is 11.2. The topological polar surface area (TPSA) is 69.5 Å². The van der Waals surface area contributed by atoms with Crippen LogP contribution >= 0.6 is 0 Å². The lowest BCUT2D eigenvalue weighted by molar-refractivity contribution is 0.426. The molecule has 0 atom stereocenters. The van der Waals surface area contributed by atoms with E-state index in [2.05, 4.69) is 34.2 Å². The summed E-state index contributed by atoms with van der Waals surface area (Å²) >= 11 is 0. The molecule has 0 amide bonds. The molecule has 2 N–H and O–H groups in total. The van der Waals surface area contributed by atoms with Gasteiger partial charge in [-0.1, -0.05) is 78.9 Å². The van der Waals surface area contributed by atoms with Gasteiger partial charge in [0.05, 0.1) is 11.0 Å². The van der Waals surface area contributed by atoms with E-state index in [0.29, 0.717) is 5.46 Å². The van der Waals surface area contributed by atoms with Crippen molar-refractivity contribution in [2.45, 2.75) is 13.8 Å². The summed E-state index contributed by atoms with van der Waals surface area (Å²) in [6.07, 6.45) is 0. The number of pyridine rings is 2. The monoisotopic (exact) mass is 497 g/mol. The second-order valence-electron chi connectivity index (χ2n) is 9.05. The Hall–Kier alpha value is -4.52. The fourth-order valence-corrected chi connectivity index (χ4v) is 4.45. The smallest absolute Gasteiger partial charge is 0.423 e. The Morgan fingerprint density at radius 2 is 0.947 bits per heavy atom. The molecule has 0 aliphatic heterocycles. The predicted octanol–water partition coefficient (Wildman–Crippen LogP) is 6.24. The minimum atomic E-state index is -1.52. The lowest BCUT2D eigenvalue weighted by Gasteiger charge is -2.27. The molecular weight excluding hydrogens is 469 g/mol. The van der Waals surface area contributed by atoms with Gasteiger partial charge < -0.3 is 14.9 Å². The third-order valence-electron chi connectivity index (χ3n) is 6.28. The Kier molecular flexibility index (Phi) is 7.45. The molecule has 6 heteroatoms. The Morgan fingerprint density at radius 1 is 0.526 bits per heavy atom. The molecule has 38 heavy (non-hydrogen) atoms. The molecule has 0 spiro atoms. The van der Waals surface area contributed by atoms with Gasteiger partial charge in [0.1, 0.15) is 0 Å². The van der Waals surface area contributed by atoms with Crippen LogP contribution in [0, 0.1) is 13.8 Å². The molecule has 0 aliphatic carbocycles. The van der Waals surface area contributed by atoms with Crippen LogP contribution in [0.4, 0.5) is 17.1 Å². The molecule has 5 nitrogen and oxygen atoms in total. The lowest BCUT2D eigenvalue weighted by Crippen LogP contribution is -2.34. The van der Waals surface area contributed by atoms with Crippen molar-refractivity contribution in [3.8, 4) is 0 Å².